The van der Waals surface area contributed by atoms with Gasteiger partial charge in [0, 0.05) is 20.7 Å². The van der Waals surface area contributed by atoms with Gasteiger partial charge in [0.15, 0.2) is 0 Å². The molecule has 1 rings (SSSR count). The van der Waals surface area contributed by atoms with Gasteiger partial charge >= 0.3 is 5.69 Å². The van der Waals surface area contributed by atoms with E-state index in [0.29, 0.717) is 13.2 Å². The number of anilines is 1. The maximum Gasteiger partial charge on any atom is 0.330 e. The quantitative estimate of drug-likeness (QED) is 0.387. The molecule has 9 heteroatoms. The van der Waals surface area contributed by atoms with E-state index < -0.39 is 4.92 Å². The average molecular weight is 257 g/mol. The second-order valence-corrected chi connectivity index (χ2v) is 3.49. The van der Waals surface area contributed by atoms with Gasteiger partial charge in [-0.05, 0) is 0 Å². The maximum absolute atomic E-state index is 11.3. The van der Waals surface area contributed by atoms with Gasteiger partial charge in [-0.25, -0.2) is 0 Å². The average Bonchev–Trinajstić information content (AvgIpc) is 2.68. The third-order valence-electron chi connectivity index (χ3n) is 2.05. The van der Waals surface area contributed by atoms with Gasteiger partial charge in [0.1, 0.15) is 6.20 Å². The molecule has 0 bridgehead atoms. The summed E-state index contributed by atoms with van der Waals surface area (Å²) < 4.78 is 6.08. The molecule has 1 amide bonds. The molecule has 0 aliphatic rings. The van der Waals surface area contributed by atoms with Crippen molar-refractivity contribution < 1.29 is 14.5 Å². The number of nitro groups is 1. The fourth-order valence-corrected chi connectivity index (χ4v) is 1.25. The van der Waals surface area contributed by atoms with Crippen molar-refractivity contribution in [1.82, 2.24) is 15.1 Å². The van der Waals surface area contributed by atoms with Gasteiger partial charge in [0.2, 0.25) is 11.7 Å². The largest absolute Gasteiger partial charge is 0.383 e. The van der Waals surface area contributed by atoms with Crippen LogP contribution in [-0.4, -0.2) is 47.4 Å². The summed E-state index contributed by atoms with van der Waals surface area (Å²) in [5, 5.41) is 19.7. The zero-order valence-corrected chi connectivity index (χ0v) is 10.2. The second kappa shape index (κ2) is 6.55. The molecule has 0 saturated heterocycles. The third-order valence-corrected chi connectivity index (χ3v) is 2.05. The van der Waals surface area contributed by atoms with E-state index in [2.05, 4.69) is 15.7 Å². The third kappa shape index (κ3) is 4.01. The molecule has 1 heterocycles. The zero-order chi connectivity index (χ0) is 13.5. The van der Waals surface area contributed by atoms with Crippen molar-refractivity contribution in [1.29, 1.82) is 0 Å². The number of aryl methyl sites for hydroxylation is 1. The van der Waals surface area contributed by atoms with E-state index in [9.17, 15) is 14.9 Å². The molecule has 1 aromatic heterocycles. The molecular formula is C9H15N5O4. The summed E-state index contributed by atoms with van der Waals surface area (Å²) in [5.41, 5.74) is -0.165. The number of nitrogens with zero attached hydrogens (tertiary/aromatic N) is 3. The van der Waals surface area contributed by atoms with Crippen LogP contribution in [-0.2, 0) is 16.6 Å². The van der Waals surface area contributed by atoms with Gasteiger partial charge in [-0.15, -0.1) is 5.10 Å². The fourth-order valence-electron chi connectivity index (χ4n) is 1.25. The predicted molar refractivity (Wildman–Crippen MR) is 63.2 cm³/mol. The number of carbonyl (C=O) groups excluding carboxylic acids is 1. The molecule has 9 nitrogen and oxygen atoms in total. The van der Waals surface area contributed by atoms with E-state index in [1.165, 1.54) is 18.0 Å². The van der Waals surface area contributed by atoms with Crippen LogP contribution in [0.3, 0.4) is 0 Å². The van der Waals surface area contributed by atoms with E-state index in [0.717, 1.165) is 0 Å². The Kier molecular flexibility index (Phi) is 5.06. The van der Waals surface area contributed by atoms with E-state index in [4.69, 9.17) is 4.74 Å². The van der Waals surface area contributed by atoms with Crippen molar-refractivity contribution >= 4 is 17.4 Å². The second-order valence-electron chi connectivity index (χ2n) is 3.49. The van der Waals surface area contributed by atoms with Crippen LogP contribution in [0, 0.1) is 10.1 Å². The number of ether oxygens (including phenoxy) is 1. The molecule has 0 aliphatic carbocycles. The Balaban J connectivity index is 2.48. The Hall–Kier alpha value is -2.16. The van der Waals surface area contributed by atoms with Crippen molar-refractivity contribution in [2.45, 2.75) is 0 Å². The number of hydrogen-bond acceptors (Lipinski definition) is 6. The van der Waals surface area contributed by atoms with Crippen LogP contribution in [0.2, 0.25) is 0 Å². The molecule has 100 valence electrons. The minimum Gasteiger partial charge on any atom is -0.383 e. The Morgan fingerprint density at radius 2 is 2.39 bits per heavy atom. The van der Waals surface area contributed by atoms with Crippen molar-refractivity contribution in [3.8, 4) is 0 Å². The number of rotatable bonds is 7. The standard InChI is InChI=1S/C9H15N5O4/c1-13-6-7(14(16)17)9(12-13)11-5-8(15)10-3-4-18-2/h6H,3-5H2,1-2H3,(H,10,15)(H,11,12). The summed E-state index contributed by atoms with van der Waals surface area (Å²) >= 11 is 0. The maximum atomic E-state index is 11.3. The Morgan fingerprint density at radius 1 is 1.67 bits per heavy atom. The lowest BCUT2D eigenvalue weighted by atomic mass is 10.5. The summed E-state index contributed by atoms with van der Waals surface area (Å²) in [6.07, 6.45) is 1.27. The number of methoxy groups -OCH3 is 1. The number of amides is 1. The highest BCUT2D eigenvalue weighted by atomic mass is 16.6. The van der Waals surface area contributed by atoms with Crippen LogP contribution in [0.1, 0.15) is 0 Å². The zero-order valence-electron chi connectivity index (χ0n) is 10.2. The smallest absolute Gasteiger partial charge is 0.330 e. The van der Waals surface area contributed by atoms with Crippen LogP contribution >= 0.6 is 0 Å². The van der Waals surface area contributed by atoms with Crippen LogP contribution in [0.5, 0.6) is 0 Å². The van der Waals surface area contributed by atoms with Gasteiger partial charge in [-0.3, -0.25) is 19.6 Å². The van der Waals surface area contributed by atoms with Gasteiger partial charge in [-0.1, -0.05) is 0 Å². The molecule has 0 unspecified atom stereocenters. The van der Waals surface area contributed by atoms with Crippen LogP contribution in [0.25, 0.3) is 0 Å². The van der Waals surface area contributed by atoms with Gasteiger partial charge in [0.25, 0.3) is 0 Å². The van der Waals surface area contributed by atoms with Gasteiger partial charge in [0.05, 0.1) is 18.1 Å². The molecule has 0 aliphatic heterocycles. The minimum atomic E-state index is -0.557. The van der Waals surface area contributed by atoms with Crippen molar-refractivity contribution in [3.05, 3.63) is 16.3 Å². The lowest BCUT2D eigenvalue weighted by molar-refractivity contribution is -0.384. The highest BCUT2D eigenvalue weighted by Gasteiger charge is 2.18. The predicted octanol–water partition coefficient (Wildman–Crippen LogP) is -0.497. The summed E-state index contributed by atoms with van der Waals surface area (Å²) in [6, 6.07) is 0. The van der Waals surface area contributed by atoms with Crippen molar-refractivity contribution in [2.24, 2.45) is 7.05 Å². The molecule has 1 aromatic rings. The molecule has 0 spiro atoms. The van der Waals surface area contributed by atoms with E-state index in [-0.39, 0.29) is 24.0 Å². The van der Waals surface area contributed by atoms with Crippen molar-refractivity contribution in [2.75, 3.05) is 32.1 Å². The highest BCUT2D eigenvalue weighted by Crippen LogP contribution is 2.20. The monoisotopic (exact) mass is 257 g/mol. The number of hydrogen-bond donors (Lipinski definition) is 2. The summed E-state index contributed by atoms with van der Waals surface area (Å²) in [7, 11) is 3.10. The minimum absolute atomic E-state index is 0.0735. The molecule has 0 saturated carbocycles. The molecule has 2 N–H and O–H groups in total. The van der Waals surface area contributed by atoms with Crippen LogP contribution in [0.15, 0.2) is 6.20 Å². The summed E-state index contributed by atoms with van der Waals surface area (Å²) in [6.45, 7) is 0.721. The number of nitrogens with one attached hydrogen (secondary N) is 2. The normalized spacial score (nSPS) is 10.1. The molecule has 0 fully saturated rings. The Bertz CT molecular complexity index is 431. The van der Waals surface area contributed by atoms with Gasteiger partial charge < -0.3 is 15.4 Å². The van der Waals surface area contributed by atoms with Crippen LogP contribution < -0.4 is 10.6 Å². The summed E-state index contributed by atoms with van der Waals surface area (Å²) in [5.74, 6) is -0.212. The first-order valence-electron chi connectivity index (χ1n) is 5.22. The van der Waals surface area contributed by atoms with Crippen molar-refractivity contribution in [3.63, 3.8) is 0 Å². The topological polar surface area (TPSA) is 111 Å². The molecule has 18 heavy (non-hydrogen) atoms. The molecular weight excluding hydrogens is 242 g/mol. The van der Waals surface area contributed by atoms with Crippen LogP contribution in [0.4, 0.5) is 11.5 Å². The highest BCUT2D eigenvalue weighted by molar-refractivity contribution is 5.81. The SMILES string of the molecule is COCCNC(=O)CNc1nn(C)cc1[N+](=O)[O-]. The Labute approximate surface area is 103 Å². The first-order chi connectivity index (χ1) is 8.54. The fraction of sp³-hybridized carbons (Fsp3) is 0.556. The lowest BCUT2D eigenvalue weighted by Crippen LogP contribution is -2.32. The van der Waals surface area contributed by atoms with Gasteiger partial charge in [-0.2, -0.15) is 0 Å². The van der Waals surface area contributed by atoms with E-state index >= 15 is 0 Å². The molecule has 0 atom stereocenters. The number of carbonyl (C=O) groups is 1. The van der Waals surface area contributed by atoms with E-state index in [1.807, 2.05) is 0 Å². The van der Waals surface area contributed by atoms with E-state index in [1.54, 1.807) is 7.05 Å². The molecule has 0 radical (unpaired) electrons. The first-order valence-corrected chi connectivity index (χ1v) is 5.22. The summed E-state index contributed by atoms with van der Waals surface area (Å²) in [4.78, 5) is 21.5. The Morgan fingerprint density at radius 3 is 3.00 bits per heavy atom. The number of aromatic nitrogens is 2. The molecule has 0 aromatic carbocycles. The first kappa shape index (κ1) is 13.9. The lowest BCUT2D eigenvalue weighted by Gasteiger charge is -2.04.